The molecule has 2 amide bonds. The average Bonchev–Trinajstić information content (AvgIpc) is 3.22. The number of rotatable bonds is 4. The lowest BCUT2D eigenvalue weighted by molar-refractivity contribution is -0.137. The summed E-state index contributed by atoms with van der Waals surface area (Å²) in [7, 11) is 0. The van der Waals surface area contributed by atoms with Crippen LogP contribution >= 0.6 is 11.8 Å². The molecule has 1 aromatic carbocycles. The first-order valence-corrected chi connectivity index (χ1v) is 9.36. The normalized spacial score (nSPS) is 26.1. The van der Waals surface area contributed by atoms with Gasteiger partial charge in [0.15, 0.2) is 0 Å². The van der Waals surface area contributed by atoms with Crippen LogP contribution in [0.15, 0.2) is 30.5 Å². The quantitative estimate of drug-likeness (QED) is 0.895. The van der Waals surface area contributed by atoms with Gasteiger partial charge in [-0.15, -0.1) is 11.8 Å². The zero-order valence-corrected chi connectivity index (χ0v) is 14.5. The number of hydrogen-bond acceptors (Lipinski definition) is 3. The molecule has 2 atom stereocenters. The summed E-state index contributed by atoms with van der Waals surface area (Å²) < 4.78 is 0. The van der Waals surface area contributed by atoms with E-state index in [9.17, 15) is 9.59 Å². The lowest BCUT2D eigenvalue weighted by atomic mass is 10.1. The van der Waals surface area contributed by atoms with E-state index in [1.54, 1.807) is 16.7 Å². The maximum Gasteiger partial charge on any atom is 0.243 e. The number of aromatic amines is 1. The Morgan fingerprint density at radius 3 is 3.17 bits per heavy atom. The van der Waals surface area contributed by atoms with E-state index in [4.69, 9.17) is 0 Å². The molecule has 2 fully saturated rings. The molecule has 3 heterocycles. The molecular weight excluding hydrogens is 322 g/mol. The summed E-state index contributed by atoms with van der Waals surface area (Å²) in [5.41, 5.74) is 2.32. The molecule has 126 valence electrons. The molecule has 0 bridgehead atoms. The average molecular weight is 343 g/mol. The van der Waals surface area contributed by atoms with Crippen LogP contribution in [0.25, 0.3) is 10.9 Å². The van der Waals surface area contributed by atoms with Gasteiger partial charge < -0.3 is 15.2 Å². The number of amides is 2. The highest BCUT2D eigenvalue weighted by Gasteiger charge is 2.52. The Balaban J connectivity index is 1.38. The summed E-state index contributed by atoms with van der Waals surface area (Å²) >= 11 is 1.73. The molecule has 0 saturated carbocycles. The predicted octanol–water partition coefficient (Wildman–Crippen LogP) is 2.28. The smallest absolute Gasteiger partial charge is 0.243 e. The lowest BCUT2D eigenvalue weighted by Gasteiger charge is -2.29. The van der Waals surface area contributed by atoms with Crippen LogP contribution in [0.4, 0.5) is 0 Å². The van der Waals surface area contributed by atoms with Crippen molar-refractivity contribution < 1.29 is 9.59 Å². The Labute approximate surface area is 145 Å². The molecule has 2 aliphatic heterocycles. The van der Waals surface area contributed by atoms with Gasteiger partial charge in [0.1, 0.15) is 6.04 Å². The molecule has 2 saturated heterocycles. The topological polar surface area (TPSA) is 65.2 Å². The SMILES string of the molecule is C[C@]12CCC(=O)N1[C@H](C(=O)NCCc1c[nH]c3ccccc13)CS2. The highest BCUT2D eigenvalue weighted by Crippen LogP contribution is 2.47. The van der Waals surface area contributed by atoms with E-state index in [0.717, 1.165) is 18.4 Å². The fraction of sp³-hybridized carbons (Fsp3) is 0.444. The molecule has 5 nitrogen and oxygen atoms in total. The third kappa shape index (κ3) is 2.49. The molecule has 2 N–H and O–H groups in total. The van der Waals surface area contributed by atoms with Crippen LogP contribution in [0.1, 0.15) is 25.3 Å². The van der Waals surface area contributed by atoms with Gasteiger partial charge in [-0.05, 0) is 31.4 Å². The largest absolute Gasteiger partial charge is 0.361 e. The van der Waals surface area contributed by atoms with Crippen LogP contribution < -0.4 is 5.32 Å². The molecule has 0 spiro atoms. The maximum absolute atomic E-state index is 12.5. The Morgan fingerprint density at radius 2 is 2.29 bits per heavy atom. The van der Waals surface area contributed by atoms with Crippen molar-refractivity contribution in [3.05, 3.63) is 36.0 Å². The summed E-state index contributed by atoms with van der Waals surface area (Å²) in [6.07, 6.45) is 4.18. The number of nitrogens with one attached hydrogen (secondary N) is 2. The van der Waals surface area contributed by atoms with Gasteiger partial charge in [0.25, 0.3) is 0 Å². The Kier molecular flexibility index (Phi) is 3.79. The Hall–Kier alpha value is -1.95. The van der Waals surface area contributed by atoms with Crippen LogP contribution in [0.5, 0.6) is 0 Å². The van der Waals surface area contributed by atoms with E-state index in [-0.39, 0.29) is 22.7 Å². The van der Waals surface area contributed by atoms with E-state index in [1.807, 2.05) is 24.4 Å². The Bertz CT molecular complexity index is 802. The van der Waals surface area contributed by atoms with Crippen molar-refractivity contribution in [2.24, 2.45) is 0 Å². The van der Waals surface area contributed by atoms with Crippen molar-refractivity contribution in [1.82, 2.24) is 15.2 Å². The molecular formula is C18H21N3O2S. The first-order valence-electron chi connectivity index (χ1n) is 8.37. The molecule has 1 aromatic heterocycles. The summed E-state index contributed by atoms with van der Waals surface area (Å²) in [5.74, 6) is 0.779. The Morgan fingerprint density at radius 1 is 1.46 bits per heavy atom. The van der Waals surface area contributed by atoms with E-state index in [0.29, 0.717) is 18.7 Å². The second-order valence-electron chi connectivity index (χ2n) is 6.67. The second kappa shape index (κ2) is 5.84. The minimum Gasteiger partial charge on any atom is -0.361 e. The number of nitrogens with zero attached hydrogens (tertiary/aromatic N) is 1. The third-order valence-corrected chi connectivity index (χ3v) is 6.62. The zero-order valence-electron chi connectivity index (χ0n) is 13.7. The number of H-pyrrole nitrogens is 1. The predicted molar refractivity (Wildman–Crippen MR) is 95.7 cm³/mol. The van der Waals surface area contributed by atoms with Crippen molar-refractivity contribution in [2.45, 2.75) is 37.1 Å². The van der Waals surface area contributed by atoms with E-state index in [2.05, 4.69) is 23.3 Å². The number of thioether (sulfide) groups is 1. The number of carbonyl (C=O) groups is 2. The zero-order chi connectivity index (χ0) is 16.7. The number of hydrogen-bond donors (Lipinski definition) is 2. The summed E-state index contributed by atoms with van der Waals surface area (Å²) in [4.78, 5) is 29.5. The molecule has 0 radical (unpaired) electrons. The monoisotopic (exact) mass is 343 g/mol. The minimum atomic E-state index is -0.321. The highest BCUT2D eigenvalue weighted by atomic mass is 32.2. The summed E-state index contributed by atoms with van der Waals surface area (Å²) in [6, 6.07) is 7.84. The first kappa shape index (κ1) is 15.6. The molecule has 0 aliphatic carbocycles. The van der Waals surface area contributed by atoms with Gasteiger partial charge in [0, 0.05) is 35.8 Å². The van der Waals surface area contributed by atoms with Gasteiger partial charge in [0.05, 0.1) is 4.87 Å². The van der Waals surface area contributed by atoms with Gasteiger partial charge in [-0.1, -0.05) is 18.2 Å². The van der Waals surface area contributed by atoms with Crippen LogP contribution in [0.3, 0.4) is 0 Å². The van der Waals surface area contributed by atoms with Crippen molar-refractivity contribution in [3.63, 3.8) is 0 Å². The van der Waals surface area contributed by atoms with E-state index in [1.165, 1.54) is 10.9 Å². The molecule has 0 unspecified atom stereocenters. The van der Waals surface area contributed by atoms with Crippen LogP contribution in [-0.2, 0) is 16.0 Å². The van der Waals surface area contributed by atoms with Gasteiger partial charge in [-0.3, -0.25) is 9.59 Å². The third-order valence-electron chi connectivity index (χ3n) is 5.12. The lowest BCUT2D eigenvalue weighted by Crippen LogP contribution is -2.50. The van der Waals surface area contributed by atoms with Crippen molar-refractivity contribution in [2.75, 3.05) is 12.3 Å². The molecule has 24 heavy (non-hydrogen) atoms. The van der Waals surface area contributed by atoms with Gasteiger partial charge >= 0.3 is 0 Å². The minimum absolute atomic E-state index is 0.0266. The molecule has 4 rings (SSSR count). The molecule has 2 aromatic rings. The van der Waals surface area contributed by atoms with Crippen molar-refractivity contribution >= 4 is 34.5 Å². The second-order valence-corrected chi connectivity index (χ2v) is 8.17. The summed E-state index contributed by atoms with van der Waals surface area (Å²) in [6.45, 7) is 2.66. The van der Waals surface area contributed by atoms with Gasteiger partial charge in [-0.25, -0.2) is 0 Å². The summed E-state index contributed by atoms with van der Waals surface area (Å²) in [5, 5.41) is 4.22. The van der Waals surface area contributed by atoms with E-state index >= 15 is 0 Å². The van der Waals surface area contributed by atoms with Gasteiger partial charge in [0.2, 0.25) is 11.8 Å². The van der Waals surface area contributed by atoms with Crippen LogP contribution in [-0.4, -0.2) is 44.9 Å². The number of para-hydroxylation sites is 1. The van der Waals surface area contributed by atoms with Gasteiger partial charge in [-0.2, -0.15) is 0 Å². The highest BCUT2D eigenvalue weighted by molar-refractivity contribution is 8.01. The fourth-order valence-electron chi connectivity index (χ4n) is 3.79. The number of carbonyl (C=O) groups excluding carboxylic acids is 2. The van der Waals surface area contributed by atoms with E-state index < -0.39 is 0 Å². The molecule has 6 heteroatoms. The molecule has 2 aliphatic rings. The number of benzene rings is 1. The van der Waals surface area contributed by atoms with Crippen molar-refractivity contribution in [3.8, 4) is 0 Å². The first-order chi connectivity index (χ1) is 11.6. The number of aromatic nitrogens is 1. The standard InChI is InChI=1S/C18H21N3O2S/c1-18-8-6-16(22)21(18)15(11-24-18)17(23)19-9-7-12-10-20-14-5-3-2-4-13(12)14/h2-5,10,15,20H,6-9,11H2,1H3,(H,19,23)/t15-,18-/m0/s1. The fourth-order valence-corrected chi connectivity index (χ4v) is 5.22. The van der Waals surface area contributed by atoms with Crippen LogP contribution in [0, 0.1) is 0 Å². The maximum atomic E-state index is 12.5. The van der Waals surface area contributed by atoms with Crippen molar-refractivity contribution in [1.29, 1.82) is 0 Å². The van der Waals surface area contributed by atoms with Crippen LogP contribution in [0.2, 0.25) is 0 Å². The number of fused-ring (bicyclic) bond motifs is 2.